The van der Waals surface area contributed by atoms with Crippen LogP contribution >= 0.6 is 0 Å². The molecule has 0 aliphatic carbocycles. The van der Waals surface area contributed by atoms with E-state index in [0.717, 1.165) is 6.07 Å². The molecule has 1 aromatic rings. The van der Waals surface area contributed by atoms with E-state index in [4.69, 9.17) is 4.74 Å². The van der Waals surface area contributed by atoms with E-state index in [2.05, 4.69) is 5.32 Å². The van der Waals surface area contributed by atoms with Gasteiger partial charge in [0.1, 0.15) is 23.8 Å². The van der Waals surface area contributed by atoms with E-state index in [0.29, 0.717) is 6.07 Å². The molecule has 0 aromatic heterocycles. The second-order valence-electron chi connectivity index (χ2n) is 4.74. The molecule has 7 heteroatoms. The first kappa shape index (κ1) is 12.7. The highest BCUT2D eigenvalue weighted by atomic mass is 19.4. The molecule has 0 radical (unpaired) electrons. The monoisotopic (exact) mass is 279 g/mol. The van der Waals surface area contributed by atoms with Gasteiger partial charge in [-0.15, -0.1) is 0 Å². The average molecular weight is 279 g/mol. The summed E-state index contributed by atoms with van der Waals surface area (Å²) < 4.78 is 70.0. The summed E-state index contributed by atoms with van der Waals surface area (Å²) in [7, 11) is 0. The predicted octanol–water partition coefficient (Wildman–Crippen LogP) is 2.98. The maximum atomic E-state index is 13.8. The van der Waals surface area contributed by atoms with E-state index < -0.39 is 35.9 Å². The molecule has 104 valence electrons. The Morgan fingerprint density at radius 1 is 1.26 bits per heavy atom. The molecule has 0 bridgehead atoms. The van der Waals surface area contributed by atoms with Crippen LogP contribution in [0.4, 0.5) is 22.0 Å². The average Bonchev–Trinajstić information content (AvgIpc) is 2.65. The lowest BCUT2D eigenvalue weighted by Crippen LogP contribution is -2.43. The van der Waals surface area contributed by atoms with Gasteiger partial charge in [-0.05, 0) is 12.1 Å². The fraction of sp³-hybridized carbons (Fsp3) is 0.500. The van der Waals surface area contributed by atoms with Crippen molar-refractivity contribution in [3.8, 4) is 5.75 Å². The van der Waals surface area contributed by atoms with Crippen molar-refractivity contribution >= 4 is 0 Å². The Hall–Kier alpha value is -1.37. The van der Waals surface area contributed by atoms with Gasteiger partial charge in [-0.2, -0.15) is 13.2 Å². The summed E-state index contributed by atoms with van der Waals surface area (Å²) >= 11 is 0. The third-order valence-electron chi connectivity index (χ3n) is 3.43. The van der Waals surface area contributed by atoms with Crippen LogP contribution in [0.1, 0.15) is 23.6 Å². The Kier molecular flexibility index (Phi) is 2.70. The molecule has 3 rings (SSSR count). The number of fused-ring (bicyclic) bond motifs is 3. The molecule has 2 aliphatic rings. The smallest absolute Gasteiger partial charge is 0.416 e. The zero-order chi connectivity index (χ0) is 13.8. The first-order chi connectivity index (χ1) is 8.86. The van der Waals surface area contributed by atoms with Gasteiger partial charge in [-0.25, -0.2) is 8.78 Å². The van der Waals surface area contributed by atoms with E-state index in [-0.39, 0.29) is 24.3 Å². The Bertz CT molecular complexity index is 516. The Labute approximate surface area is 105 Å². The molecule has 2 nitrogen and oxygen atoms in total. The minimum Gasteiger partial charge on any atom is -0.488 e. The molecule has 19 heavy (non-hydrogen) atoms. The highest BCUT2D eigenvalue weighted by Gasteiger charge is 2.43. The van der Waals surface area contributed by atoms with Crippen LogP contribution in [0.15, 0.2) is 12.1 Å². The van der Waals surface area contributed by atoms with Crippen LogP contribution in [0.25, 0.3) is 0 Å². The van der Waals surface area contributed by atoms with Gasteiger partial charge in [-0.3, -0.25) is 0 Å². The maximum Gasteiger partial charge on any atom is 0.416 e. The third kappa shape index (κ3) is 2.05. The molecule has 2 heterocycles. The maximum absolute atomic E-state index is 13.8. The molecular formula is C12H10F5NO. The molecule has 1 fully saturated rings. The first-order valence-electron chi connectivity index (χ1n) is 5.81. The van der Waals surface area contributed by atoms with E-state index in [1.807, 2.05) is 0 Å². The molecule has 0 amide bonds. The number of nitrogens with one attached hydrogen (secondary N) is 1. The molecule has 1 aromatic carbocycles. The van der Waals surface area contributed by atoms with E-state index >= 15 is 0 Å². The number of piperidine rings is 1. The highest BCUT2D eigenvalue weighted by molar-refractivity contribution is 5.46. The van der Waals surface area contributed by atoms with Gasteiger partial charge in [0.25, 0.3) is 0 Å². The van der Waals surface area contributed by atoms with Crippen LogP contribution in [0.5, 0.6) is 5.75 Å². The lowest BCUT2D eigenvalue weighted by atomic mass is 9.95. The van der Waals surface area contributed by atoms with Gasteiger partial charge in [-0.1, -0.05) is 0 Å². The van der Waals surface area contributed by atoms with Crippen molar-refractivity contribution in [1.82, 2.24) is 5.32 Å². The molecule has 1 N–H and O–H groups in total. The molecule has 3 atom stereocenters. The number of benzene rings is 1. The van der Waals surface area contributed by atoms with E-state index in [9.17, 15) is 22.0 Å². The van der Waals surface area contributed by atoms with Crippen LogP contribution in [0, 0.1) is 5.82 Å². The molecule has 2 aliphatic heterocycles. The summed E-state index contributed by atoms with van der Waals surface area (Å²) in [5, 5.41) is 2.76. The number of hydrogen-bond acceptors (Lipinski definition) is 2. The fourth-order valence-corrected chi connectivity index (χ4v) is 2.58. The summed E-state index contributed by atoms with van der Waals surface area (Å²) in [6.07, 6.45) is -6.38. The van der Waals surface area contributed by atoms with E-state index in [1.54, 1.807) is 0 Å². The molecule has 0 saturated carbocycles. The van der Waals surface area contributed by atoms with Gasteiger partial charge in [0, 0.05) is 13.0 Å². The zero-order valence-corrected chi connectivity index (χ0v) is 9.60. The Morgan fingerprint density at radius 2 is 2.00 bits per heavy atom. The quantitative estimate of drug-likeness (QED) is 0.737. The van der Waals surface area contributed by atoms with E-state index in [1.165, 1.54) is 0 Å². The van der Waals surface area contributed by atoms with Crippen molar-refractivity contribution in [2.45, 2.75) is 30.9 Å². The van der Waals surface area contributed by atoms with Gasteiger partial charge in [0.2, 0.25) is 0 Å². The SMILES string of the molecule is Fc1cc(C(F)(F)F)cc2c1[C@@H]1NC[C@@H](F)C[C@@H]1O2. The van der Waals surface area contributed by atoms with Crippen LogP contribution in [-0.2, 0) is 6.18 Å². The summed E-state index contributed by atoms with van der Waals surface area (Å²) in [6.45, 7) is 0.0461. The topological polar surface area (TPSA) is 21.3 Å². The molecule has 1 saturated heterocycles. The second kappa shape index (κ2) is 4.06. The number of rotatable bonds is 0. The van der Waals surface area contributed by atoms with Crippen LogP contribution in [0.2, 0.25) is 0 Å². The summed E-state index contributed by atoms with van der Waals surface area (Å²) in [5.74, 6) is -1.12. The Morgan fingerprint density at radius 3 is 2.68 bits per heavy atom. The minimum atomic E-state index is -4.64. The summed E-state index contributed by atoms with van der Waals surface area (Å²) in [5.41, 5.74) is -1.04. The fourth-order valence-electron chi connectivity index (χ4n) is 2.58. The highest BCUT2D eigenvalue weighted by Crippen LogP contribution is 2.44. The van der Waals surface area contributed by atoms with Gasteiger partial charge in [0.15, 0.2) is 0 Å². The third-order valence-corrected chi connectivity index (χ3v) is 3.43. The van der Waals surface area contributed by atoms with Crippen molar-refractivity contribution in [1.29, 1.82) is 0 Å². The lowest BCUT2D eigenvalue weighted by Gasteiger charge is -2.28. The molecule has 0 spiro atoms. The number of hydrogen-bond donors (Lipinski definition) is 1. The van der Waals surface area contributed by atoms with Crippen molar-refractivity contribution < 1.29 is 26.7 Å². The first-order valence-corrected chi connectivity index (χ1v) is 5.81. The van der Waals surface area contributed by atoms with Crippen LogP contribution < -0.4 is 10.1 Å². The van der Waals surface area contributed by atoms with Gasteiger partial charge < -0.3 is 10.1 Å². The van der Waals surface area contributed by atoms with Crippen molar-refractivity contribution in [3.63, 3.8) is 0 Å². The number of halogens is 5. The van der Waals surface area contributed by atoms with Crippen molar-refractivity contribution in [2.75, 3.05) is 6.54 Å². The molecular weight excluding hydrogens is 269 g/mol. The zero-order valence-electron chi connectivity index (χ0n) is 9.60. The van der Waals surface area contributed by atoms with Crippen molar-refractivity contribution in [2.24, 2.45) is 0 Å². The lowest BCUT2D eigenvalue weighted by molar-refractivity contribution is -0.137. The predicted molar refractivity (Wildman–Crippen MR) is 56.1 cm³/mol. The summed E-state index contributed by atoms with van der Waals surface area (Å²) in [6, 6.07) is 0.642. The molecule has 0 unspecified atom stereocenters. The normalized spacial score (nSPS) is 29.6. The van der Waals surface area contributed by atoms with Gasteiger partial charge >= 0.3 is 6.18 Å². The minimum absolute atomic E-state index is 0.0461. The largest absolute Gasteiger partial charge is 0.488 e. The standard InChI is InChI=1S/C12H10F5NO/c13-6-3-9-11(18-4-6)10-7(14)1-5(12(15,16)17)2-8(10)19-9/h1-2,6,9,11,18H,3-4H2/t6-,9-,11+/m0/s1. The summed E-state index contributed by atoms with van der Waals surface area (Å²) in [4.78, 5) is 0. The van der Waals surface area contributed by atoms with Crippen LogP contribution in [0.3, 0.4) is 0 Å². The number of ether oxygens (including phenoxy) is 1. The van der Waals surface area contributed by atoms with Crippen molar-refractivity contribution in [3.05, 3.63) is 29.1 Å². The van der Waals surface area contributed by atoms with Crippen LogP contribution in [-0.4, -0.2) is 18.8 Å². The second-order valence-corrected chi connectivity index (χ2v) is 4.74. The Balaban J connectivity index is 2.01. The number of alkyl halides is 4. The van der Waals surface area contributed by atoms with Gasteiger partial charge in [0.05, 0.1) is 17.2 Å².